The van der Waals surface area contributed by atoms with Gasteiger partial charge in [0, 0.05) is 44.9 Å². The van der Waals surface area contributed by atoms with E-state index in [1.165, 1.54) is 55.3 Å². The van der Waals surface area contributed by atoms with E-state index in [0.717, 1.165) is 50.8 Å². The molecule has 326 valence electrons. The summed E-state index contributed by atoms with van der Waals surface area (Å²) in [7, 11) is 0. The molecule has 0 bridgehead atoms. The molecular formula is C66H47N3. The van der Waals surface area contributed by atoms with Gasteiger partial charge in [-0.05, 0) is 136 Å². The molecular weight excluding hydrogens is 835 g/mol. The summed E-state index contributed by atoms with van der Waals surface area (Å²) in [5, 5.41) is 2.38. The van der Waals surface area contributed by atoms with Crippen LogP contribution >= 0.6 is 0 Å². The summed E-state index contributed by atoms with van der Waals surface area (Å²) < 4.78 is 2.42. The lowest BCUT2D eigenvalue weighted by Gasteiger charge is -2.27. The van der Waals surface area contributed by atoms with E-state index in [-0.39, 0.29) is 0 Å². The molecule has 1 heterocycles. The molecule has 12 rings (SSSR count). The van der Waals surface area contributed by atoms with Crippen LogP contribution in [0.2, 0.25) is 0 Å². The van der Waals surface area contributed by atoms with Gasteiger partial charge in [0.05, 0.1) is 16.7 Å². The molecule has 0 amide bonds. The summed E-state index contributed by atoms with van der Waals surface area (Å²) in [6, 6.07) is 103. The highest BCUT2D eigenvalue weighted by Crippen LogP contribution is 2.45. The lowest BCUT2D eigenvalue weighted by Crippen LogP contribution is -2.10. The average molecular weight is 882 g/mol. The lowest BCUT2D eigenvalue weighted by atomic mass is 10.0. The third-order valence-corrected chi connectivity index (χ3v) is 13.2. The summed E-state index contributed by atoms with van der Waals surface area (Å²) in [6.45, 7) is 0. The minimum absolute atomic E-state index is 1.07. The number of para-hydroxylation sites is 1. The highest BCUT2D eigenvalue weighted by Gasteiger charge is 2.22. The largest absolute Gasteiger partial charge is 0.311 e. The number of nitrogens with zero attached hydrogens (tertiary/aromatic N) is 3. The maximum Gasteiger partial charge on any atom is 0.0562 e. The van der Waals surface area contributed by atoms with Crippen LogP contribution in [0.4, 0.5) is 34.1 Å². The zero-order chi connectivity index (χ0) is 45.9. The molecule has 3 nitrogen and oxygen atoms in total. The van der Waals surface area contributed by atoms with Gasteiger partial charge in [-0.3, -0.25) is 0 Å². The normalized spacial score (nSPS) is 11.2. The van der Waals surface area contributed by atoms with Gasteiger partial charge in [-0.2, -0.15) is 0 Å². The maximum atomic E-state index is 2.42. The Morgan fingerprint density at radius 2 is 0.522 bits per heavy atom. The molecule has 0 fully saturated rings. The SMILES string of the molecule is c1ccc(-c2ccc(N(c3ccc(-c4ccccc4)cc3)c3ccc(-n4c5ccccc5c5c(N(c6ccc(-c7ccccc7)cc6)c6ccc(-c7ccccc7)cc6)cccc54)cc3)cc2)cc1. The van der Waals surface area contributed by atoms with E-state index in [9.17, 15) is 0 Å². The minimum Gasteiger partial charge on any atom is -0.311 e. The van der Waals surface area contributed by atoms with Crippen molar-refractivity contribution >= 4 is 55.9 Å². The average Bonchev–Trinajstić information content (AvgIpc) is 3.78. The molecule has 0 aliphatic carbocycles. The van der Waals surface area contributed by atoms with E-state index >= 15 is 0 Å². The first-order valence-corrected chi connectivity index (χ1v) is 23.6. The van der Waals surface area contributed by atoms with Crippen molar-refractivity contribution in [2.45, 2.75) is 0 Å². The molecule has 0 radical (unpaired) electrons. The highest BCUT2D eigenvalue weighted by atomic mass is 15.2. The Morgan fingerprint density at radius 3 is 0.913 bits per heavy atom. The van der Waals surface area contributed by atoms with Gasteiger partial charge in [-0.15, -0.1) is 0 Å². The van der Waals surface area contributed by atoms with Crippen LogP contribution in [0, 0.1) is 0 Å². The van der Waals surface area contributed by atoms with Gasteiger partial charge in [0.2, 0.25) is 0 Å². The summed E-state index contributed by atoms with van der Waals surface area (Å²) in [6.07, 6.45) is 0. The van der Waals surface area contributed by atoms with Crippen LogP contribution in [0.3, 0.4) is 0 Å². The molecule has 0 atom stereocenters. The molecule has 0 unspecified atom stereocenters. The third-order valence-electron chi connectivity index (χ3n) is 13.2. The Labute approximate surface area is 403 Å². The van der Waals surface area contributed by atoms with Gasteiger partial charge in [0.25, 0.3) is 0 Å². The fraction of sp³-hybridized carbons (Fsp3) is 0. The van der Waals surface area contributed by atoms with Crippen LogP contribution in [0.25, 0.3) is 72.0 Å². The van der Waals surface area contributed by atoms with Gasteiger partial charge < -0.3 is 14.4 Å². The molecule has 3 heteroatoms. The van der Waals surface area contributed by atoms with E-state index in [4.69, 9.17) is 0 Å². The molecule has 12 aromatic rings. The fourth-order valence-electron chi connectivity index (χ4n) is 9.82. The Balaban J connectivity index is 0.967. The number of rotatable bonds is 11. The van der Waals surface area contributed by atoms with E-state index < -0.39 is 0 Å². The first-order valence-electron chi connectivity index (χ1n) is 23.6. The van der Waals surface area contributed by atoms with Crippen molar-refractivity contribution in [3.8, 4) is 50.2 Å². The first kappa shape index (κ1) is 41.3. The molecule has 11 aromatic carbocycles. The minimum atomic E-state index is 1.07. The van der Waals surface area contributed by atoms with E-state index in [1.807, 2.05) is 0 Å². The summed E-state index contributed by atoms with van der Waals surface area (Å²) in [5.41, 5.74) is 19.5. The number of hydrogen-bond acceptors (Lipinski definition) is 2. The van der Waals surface area contributed by atoms with Crippen LogP contribution in [0.15, 0.2) is 285 Å². The van der Waals surface area contributed by atoms with Crippen molar-refractivity contribution in [3.63, 3.8) is 0 Å². The molecule has 0 aliphatic heterocycles. The van der Waals surface area contributed by atoms with Gasteiger partial charge >= 0.3 is 0 Å². The van der Waals surface area contributed by atoms with Crippen LogP contribution in [0.1, 0.15) is 0 Å². The number of fused-ring (bicyclic) bond motifs is 3. The standard InChI is InChI=1S/C66H47N3/c1-5-16-48(17-6-1)52-28-36-56(37-29-52)67(57-38-30-53(31-39-57)49-18-7-2-8-19-49)58-44-46-61(47-45-58)69-63-25-14-13-24-62(63)66-64(26-15-27-65(66)69)68(59-40-32-54(33-41-59)50-20-9-3-10-21-50)60-42-34-55(35-43-60)51-22-11-4-12-23-51/h1-47H. The quantitative estimate of drug-likeness (QED) is 0.128. The predicted octanol–water partition coefficient (Wildman–Crippen LogP) is 18.4. The molecule has 0 saturated heterocycles. The number of aromatic nitrogens is 1. The topological polar surface area (TPSA) is 11.4 Å². The predicted molar refractivity (Wildman–Crippen MR) is 292 cm³/mol. The van der Waals surface area contributed by atoms with E-state index in [2.05, 4.69) is 299 Å². The Kier molecular flexibility index (Phi) is 10.9. The smallest absolute Gasteiger partial charge is 0.0562 e. The highest BCUT2D eigenvalue weighted by molar-refractivity contribution is 6.16. The van der Waals surface area contributed by atoms with Crippen molar-refractivity contribution in [3.05, 3.63) is 285 Å². The fourth-order valence-corrected chi connectivity index (χ4v) is 9.82. The number of benzene rings is 11. The van der Waals surface area contributed by atoms with Crippen LogP contribution in [-0.4, -0.2) is 4.57 Å². The monoisotopic (exact) mass is 881 g/mol. The second kappa shape index (κ2) is 18.2. The zero-order valence-electron chi connectivity index (χ0n) is 38.0. The Bertz CT molecular complexity index is 3480. The Morgan fingerprint density at radius 1 is 0.217 bits per heavy atom. The summed E-state index contributed by atoms with van der Waals surface area (Å²) in [5.74, 6) is 0. The van der Waals surface area contributed by atoms with E-state index in [0.29, 0.717) is 0 Å². The van der Waals surface area contributed by atoms with E-state index in [1.54, 1.807) is 0 Å². The second-order valence-corrected chi connectivity index (χ2v) is 17.4. The van der Waals surface area contributed by atoms with Crippen molar-refractivity contribution < 1.29 is 0 Å². The molecule has 0 N–H and O–H groups in total. The number of anilines is 6. The van der Waals surface area contributed by atoms with Crippen LogP contribution in [0.5, 0.6) is 0 Å². The van der Waals surface area contributed by atoms with Crippen LogP contribution in [-0.2, 0) is 0 Å². The molecule has 0 spiro atoms. The van der Waals surface area contributed by atoms with Gasteiger partial charge in [0.15, 0.2) is 0 Å². The Hall–Kier alpha value is -9.18. The van der Waals surface area contributed by atoms with Crippen LogP contribution < -0.4 is 9.80 Å². The first-order chi connectivity index (χ1) is 34.2. The summed E-state index contributed by atoms with van der Waals surface area (Å²) >= 11 is 0. The van der Waals surface area contributed by atoms with Gasteiger partial charge in [-0.1, -0.05) is 194 Å². The molecule has 1 aromatic heterocycles. The zero-order valence-corrected chi connectivity index (χ0v) is 38.0. The van der Waals surface area contributed by atoms with Crippen molar-refractivity contribution in [1.82, 2.24) is 4.57 Å². The van der Waals surface area contributed by atoms with Gasteiger partial charge in [-0.25, -0.2) is 0 Å². The second-order valence-electron chi connectivity index (χ2n) is 17.4. The molecule has 0 saturated carbocycles. The van der Waals surface area contributed by atoms with Crippen molar-refractivity contribution in [1.29, 1.82) is 0 Å². The van der Waals surface area contributed by atoms with Gasteiger partial charge in [0.1, 0.15) is 0 Å². The summed E-state index contributed by atoms with van der Waals surface area (Å²) in [4.78, 5) is 4.76. The lowest BCUT2D eigenvalue weighted by molar-refractivity contribution is 1.17. The molecule has 0 aliphatic rings. The molecule has 69 heavy (non-hydrogen) atoms. The maximum absolute atomic E-state index is 2.42. The number of hydrogen-bond donors (Lipinski definition) is 0. The third kappa shape index (κ3) is 8.03. The van der Waals surface area contributed by atoms with Crippen molar-refractivity contribution in [2.75, 3.05) is 9.80 Å². The van der Waals surface area contributed by atoms with Crippen molar-refractivity contribution in [2.24, 2.45) is 0 Å².